The molecule has 0 saturated heterocycles. The van der Waals surface area contributed by atoms with Crippen LogP contribution in [0.4, 0.5) is 8.78 Å². The SMILES string of the molecule is CC(C)(C)[Si](OC[C@@H]1C[C@@H](OS(C)(=O)=O)CC1(F)F)(c1ccccc1)c1ccccc1. The molecule has 2 aromatic carbocycles. The van der Waals surface area contributed by atoms with Crippen LogP contribution >= 0.6 is 0 Å². The van der Waals surface area contributed by atoms with E-state index < -0.39 is 42.8 Å². The Morgan fingerprint density at radius 2 is 1.48 bits per heavy atom. The van der Waals surface area contributed by atoms with Crippen molar-refractivity contribution in [3.63, 3.8) is 0 Å². The number of alkyl halides is 2. The van der Waals surface area contributed by atoms with Crippen LogP contribution < -0.4 is 10.4 Å². The predicted molar refractivity (Wildman–Crippen MR) is 121 cm³/mol. The van der Waals surface area contributed by atoms with E-state index >= 15 is 0 Å². The third-order valence-corrected chi connectivity index (χ3v) is 11.5. The Kier molecular flexibility index (Phi) is 6.77. The van der Waals surface area contributed by atoms with Crippen LogP contribution in [-0.2, 0) is 18.7 Å². The molecule has 3 rings (SSSR count). The van der Waals surface area contributed by atoms with Crippen molar-refractivity contribution in [2.75, 3.05) is 12.9 Å². The van der Waals surface area contributed by atoms with E-state index in [1.165, 1.54) is 0 Å². The van der Waals surface area contributed by atoms with Crippen LogP contribution in [0.1, 0.15) is 33.6 Å². The summed E-state index contributed by atoms with van der Waals surface area (Å²) in [6.07, 6.45) is -0.817. The fourth-order valence-electron chi connectivity index (χ4n) is 4.54. The van der Waals surface area contributed by atoms with Gasteiger partial charge in [0.2, 0.25) is 0 Å². The highest BCUT2D eigenvalue weighted by Gasteiger charge is 2.54. The van der Waals surface area contributed by atoms with Crippen molar-refractivity contribution < 1.29 is 25.8 Å². The first-order valence-corrected chi connectivity index (χ1v) is 14.1. The fraction of sp³-hybridized carbons (Fsp3) is 0.478. The van der Waals surface area contributed by atoms with Crippen molar-refractivity contribution >= 4 is 28.8 Å². The molecule has 1 fully saturated rings. The molecule has 0 spiro atoms. The van der Waals surface area contributed by atoms with E-state index in [0.717, 1.165) is 16.6 Å². The summed E-state index contributed by atoms with van der Waals surface area (Å²) in [5, 5.41) is 1.70. The summed E-state index contributed by atoms with van der Waals surface area (Å²) in [6, 6.07) is 19.6. The van der Waals surface area contributed by atoms with Crippen molar-refractivity contribution in [1.29, 1.82) is 0 Å². The minimum Gasteiger partial charge on any atom is -0.407 e. The zero-order valence-electron chi connectivity index (χ0n) is 18.3. The number of benzene rings is 2. The Morgan fingerprint density at radius 3 is 1.90 bits per heavy atom. The summed E-state index contributed by atoms with van der Waals surface area (Å²) in [4.78, 5) is 0. The number of halogens is 2. The Morgan fingerprint density at radius 1 is 1.00 bits per heavy atom. The second kappa shape index (κ2) is 8.73. The monoisotopic (exact) mass is 468 g/mol. The normalized spacial score (nSPS) is 21.9. The van der Waals surface area contributed by atoms with Crippen LogP contribution in [-0.4, -0.2) is 41.6 Å². The molecule has 0 N–H and O–H groups in total. The molecule has 1 saturated carbocycles. The van der Waals surface area contributed by atoms with Gasteiger partial charge in [-0.25, -0.2) is 8.78 Å². The summed E-state index contributed by atoms with van der Waals surface area (Å²) < 4.78 is 63.9. The molecule has 0 amide bonds. The zero-order valence-corrected chi connectivity index (χ0v) is 20.2. The molecule has 2 atom stereocenters. The molecule has 0 heterocycles. The van der Waals surface area contributed by atoms with E-state index in [1.54, 1.807) is 0 Å². The third kappa shape index (κ3) is 5.24. The van der Waals surface area contributed by atoms with E-state index in [2.05, 4.69) is 20.8 Å². The van der Waals surface area contributed by atoms with E-state index in [4.69, 9.17) is 8.61 Å². The highest BCUT2D eigenvalue weighted by Crippen LogP contribution is 2.44. The van der Waals surface area contributed by atoms with E-state index in [9.17, 15) is 17.2 Å². The van der Waals surface area contributed by atoms with Crippen LogP contribution in [0.3, 0.4) is 0 Å². The van der Waals surface area contributed by atoms with Gasteiger partial charge in [0.1, 0.15) is 0 Å². The Labute approximate surface area is 184 Å². The first kappa shape index (κ1) is 24.0. The van der Waals surface area contributed by atoms with Gasteiger partial charge in [0.15, 0.2) is 0 Å². The summed E-state index contributed by atoms with van der Waals surface area (Å²) in [5.74, 6) is -4.17. The molecule has 0 radical (unpaired) electrons. The van der Waals surface area contributed by atoms with Gasteiger partial charge in [-0.15, -0.1) is 0 Å². The van der Waals surface area contributed by atoms with Crippen molar-refractivity contribution in [2.24, 2.45) is 5.92 Å². The zero-order chi connectivity index (χ0) is 22.9. The van der Waals surface area contributed by atoms with Gasteiger partial charge < -0.3 is 4.43 Å². The highest BCUT2D eigenvalue weighted by atomic mass is 32.2. The lowest BCUT2D eigenvalue weighted by Crippen LogP contribution is -2.67. The maximum Gasteiger partial charge on any atom is 0.264 e. The van der Waals surface area contributed by atoms with Crippen LogP contribution in [0.15, 0.2) is 60.7 Å². The van der Waals surface area contributed by atoms with Gasteiger partial charge in [0, 0.05) is 18.9 Å². The first-order valence-electron chi connectivity index (χ1n) is 10.4. The third-order valence-electron chi connectivity index (χ3n) is 5.87. The van der Waals surface area contributed by atoms with Gasteiger partial charge >= 0.3 is 0 Å². The largest absolute Gasteiger partial charge is 0.407 e. The Balaban J connectivity index is 1.97. The Bertz CT molecular complexity index is 936. The van der Waals surface area contributed by atoms with E-state index in [0.29, 0.717) is 0 Å². The van der Waals surface area contributed by atoms with Crippen LogP contribution in [0.5, 0.6) is 0 Å². The fourth-order valence-corrected chi connectivity index (χ4v) is 9.79. The predicted octanol–water partition coefficient (Wildman–Crippen LogP) is 3.95. The maximum absolute atomic E-state index is 14.8. The molecule has 2 aromatic rings. The van der Waals surface area contributed by atoms with E-state index in [-0.39, 0.29) is 18.1 Å². The second-order valence-corrected chi connectivity index (χ2v) is 15.2. The average Bonchev–Trinajstić information content (AvgIpc) is 2.94. The molecule has 1 aliphatic rings. The van der Waals surface area contributed by atoms with Gasteiger partial charge in [-0.05, 0) is 21.8 Å². The van der Waals surface area contributed by atoms with Crippen LogP contribution in [0.2, 0.25) is 5.04 Å². The highest BCUT2D eigenvalue weighted by molar-refractivity contribution is 7.86. The standard InChI is InChI=1S/C23H30F2O4SSi/c1-22(2,3)31(20-11-7-5-8-12-20,21-13-9-6-10-14-21)28-17-18-15-19(16-23(18,24)25)29-30(4,26)27/h5-14,18-19H,15-17H2,1-4H3/t18-,19+/m0/s1. The minimum absolute atomic E-state index is 0.0573. The molecular weight excluding hydrogens is 438 g/mol. The minimum atomic E-state index is -3.80. The molecule has 8 heteroatoms. The summed E-state index contributed by atoms with van der Waals surface area (Å²) in [5.41, 5.74) is 0. The van der Waals surface area contributed by atoms with Crippen molar-refractivity contribution in [3.05, 3.63) is 60.7 Å². The number of hydrogen-bond acceptors (Lipinski definition) is 4. The lowest BCUT2D eigenvalue weighted by Gasteiger charge is -2.43. The number of rotatable bonds is 7. The van der Waals surface area contributed by atoms with Crippen molar-refractivity contribution in [1.82, 2.24) is 0 Å². The molecule has 0 aromatic heterocycles. The number of hydrogen-bond donors (Lipinski definition) is 0. The second-order valence-electron chi connectivity index (χ2n) is 9.29. The first-order chi connectivity index (χ1) is 14.4. The van der Waals surface area contributed by atoms with Gasteiger partial charge in [0.05, 0.1) is 12.4 Å². The van der Waals surface area contributed by atoms with Gasteiger partial charge in [0.25, 0.3) is 24.4 Å². The average molecular weight is 469 g/mol. The quantitative estimate of drug-likeness (QED) is 0.456. The maximum atomic E-state index is 14.8. The van der Waals surface area contributed by atoms with Crippen molar-refractivity contribution in [2.45, 2.75) is 50.7 Å². The smallest absolute Gasteiger partial charge is 0.264 e. The Hall–Kier alpha value is -1.61. The summed E-state index contributed by atoms with van der Waals surface area (Å²) in [6.45, 7) is 6.09. The van der Waals surface area contributed by atoms with Gasteiger partial charge in [-0.2, -0.15) is 8.42 Å². The molecule has 170 valence electrons. The van der Waals surface area contributed by atoms with E-state index in [1.807, 2.05) is 60.7 Å². The van der Waals surface area contributed by atoms with Crippen LogP contribution in [0.25, 0.3) is 0 Å². The lowest BCUT2D eigenvalue weighted by atomic mass is 10.1. The molecule has 4 nitrogen and oxygen atoms in total. The molecule has 0 unspecified atom stereocenters. The topological polar surface area (TPSA) is 52.6 Å². The molecule has 1 aliphatic carbocycles. The summed E-state index contributed by atoms with van der Waals surface area (Å²) >= 11 is 0. The molecular formula is C23H30F2O4SSi. The van der Waals surface area contributed by atoms with Crippen LogP contribution in [0, 0.1) is 5.92 Å². The summed E-state index contributed by atoms with van der Waals surface area (Å²) in [7, 11) is -6.74. The molecule has 31 heavy (non-hydrogen) atoms. The van der Waals surface area contributed by atoms with Gasteiger partial charge in [-0.1, -0.05) is 81.4 Å². The lowest BCUT2D eigenvalue weighted by molar-refractivity contribution is -0.0544. The molecule has 0 bridgehead atoms. The molecule has 0 aliphatic heterocycles. The van der Waals surface area contributed by atoms with Crippen molar-refractivity contribution in [3.8, 4) is 0 Å². The van der Waals surface area contributed by atoms with Gasteiger partial charge in [-0.3, -0.25) is 4.18 Å².